The van der Waals surface area contributed by atoms with Gasteiger partial charge >= 0.3 is 0 Å². The van der Waals surface area contributed by atoms with Crippen molar-refractivity contribution in [3.05, 3.63) is 29.8 Å². The Labute approximate surface area is 104 Å². The number of aliphatic hydroxyl groups is 1. The maximum Gasteiger partial charge on any atom is 0.119 e. The summed E-state index contributed by atoms with van der Waals surface area (Å²) in [5, 5.41) is 9.23. The van der Waals surface area contributed by atoms with E-state index in [1.165, 1.54) is 5.56 Å². The van der Waals surface area contributed by atoms with Gasteiger partial charge in [0.2, 0.25) is 0 Å². The largest absolute Gasteiger partial charge is 0.492 e. The van der Waals surface area contributed by atoms with Crippen molar-refractivity contribution in [1.29, 1.82) is 0 Å². The van der Waals surface area contributed by atoms with Gasteiger partial charge in [0.15, 0.2) is 0 Å². The second-order valence-electron chi connectivity index (χ2n) is 5.06. The van der Waals surface area contributed by atoms with E-state index < -0.39 is 0 Å². The van der Waals surface area contributed by atoms with Crippen LogP contribution in [-0.4, -0.2) is 42.4 Å². The summed E-state index contributed by atoms with van der Waals surface area (Å²) in [6.45, 7) is 7.64. The predicted molar refractivity (Wildman–Crippen MR) is 70.5 cm³/mol. The Morgan fingerprint density at radius 1 is 1.35 bits per heavy atom. The molecule has 3 nitrogen and oxygen atoms in total. The summed E-state index contributed by atoms with van der Waals surface area (Å²) in [6, 6.07) is 8.03. The van der Waals surface area contributed by atoms with E-state index in [9.17, 15) is 5.11 Å². The van der Waals surface area contributed by atoms with Gasteiger partial charge in [-0.15, -0.1) is 0 Å². The molecule has 0 heterocycles. The van der Waals surface area contributed by atoms with Crippen molar-refractivity contribution in [2.24, 2.45) is 0 Å². The number of hydrogen-bond acceptors (Lipinski definition) is 3. The van der Waals surface area contributed by atoms with Gasteiger partial charge in [0.05, 0.1) is 6.61 Å². The minimum absolute atomic E-state index is 0.147. The molecule has 0 aliphatic heterocycles. The Kier molecular flexibility index (Phi) is 4.97. The van der Waals surface area contributed by atoms with E-state index >= 15 is 0 Å². The first-order valence-electron chi connectivity index (χ1n) is 5.97. The molecule has 1 rings (SSSR count). The zero-order valence-corrected chi connectivity index (χ0v) is 11.2. The molecule has 0 aliphatic rings. The molecule has 0 spiro atoms. The van der Waals surface area contributed by atoms with Gasteiger partial charge in [-0.3, -0.25) is 4.90 Å². The van der Waals surface area contributed by atoms with Gasteiger partial charge in [-0.05, 0) is 45.5 Å². The van der Waals surface area contributed by atoms with Crippen molar-refractivity contribution in [2.45, 2.75) is 26.3 Å². The molecule has 0 aliphatic carbocycles. The number of benzene rings is 1. The Morgan fingerprint density at radius 3 is 2.65 bits per heavy atom. The Balaban J connectivity index is 2.38. The molecule has 0 aromatic heterocycles. The summed E-state index contributed by atoms with van der Waals surface area (Å²) >= 11 is 0. The van der Waals surface area contributed by atoms with Crippen LogP contribution >= 0.6 is 0 Å². The lowest BCUT2D eigenvalue weighted by molar-refractivity contribution is 0.0678. The first-order chi connectivity index (χ1) is 7.95. The molecule has 0 saturated carbocycles. The maximum absolute atomic E-state index is 9.23. The van der Waals surface area contributed by atoms with Gasteiger partial charge in [-0.2, -0.15) is 0 Å². The SMILES string of the molecule is Cc1cccc(OCCN(C)C(C)(C)CO)c1. The number of aryl methyl sites for hydroxylation is 1. The van der Waals surface area contributed by atoms with Crippen molar-refractivity contribution in [3.8, 4) is 5.75 Å². The van der Waals surface area contributed by atoms with Crippen LogP contribution in [-0.2, 0) is 0 Å². The van der Waals surface area contributed by atoms with Crippen LogP contribution in [0, 0.1) is 6.92 Å². The standard InChI is InChI=1S/C14H23NO2/c1-12-6-5-7-13(10-12)17-9-8-15(4)14(2,3)11-16/h5-7,10,16H,8-9,11H2,1-4H3. The van der Waals surface area contributed by atoms with Gasteiger partial charge in [0.25, 0.3) is 0 Å². The number of rotatable bonds is 6. The van der Waals surface area contributed by atoms with Crippen LogP contribution < -0.4 is 4.74 Å². The van der Waals surface area contributed by atoms with Crippen LogP contribution in [0.1, 0.15) is 19.4 Å². The highest BCUT2D eigenvalue weighted by Crippen LogP contribution is 2.13. The molecule has 0 fully saturated rings. The average Bonchev–Trinajstić information content (AvgIpc) is 2.29. The normalized spacial score (nSPS) is 11.9. The van der Waals surface area contributed by atoms with Gasteiger partial charge in [-0.1, -0.05) is 12.1 Å². The number of hydrogen-bond donors (Lipinski definition) is 1. The van der Waals surface area contributed by atoms with E-state index in [1.54, 1.807) is 0 Å². The Hall–Kier alpha value is -1.06. The van der Waals surface area contributed by atoms with E-state index in [4.69, 9.17) is 4.74 Å². The van der Waals surface area contributed by atoms with Crippen LogP contribution in [0.25, 0.3) is 0 Å². The van der Waals surface area contributed by atoms with Gasteiger partial charge in [0, 0.05) is 12.1 Å². The minimum atomic E-state index is -0.198. The van der Waals surface area contributed by atoms with Crippen molar-refractivity contribution >= 4 is 0 Å². The molecule has 0 radical (unpaired) electrons. The number of nitrogens with zero attached hydrogens (tertiary/aromatic N) is 1. The summed E-state index contributed by atoms with van der Waals surface area (Å²) in [5.41, 5.74) is 1.00. The second kappa shape index (κ2) is 6.03. The lowest BCUT2D eigenvalue weighted by Gasteiger charge is -2.33. The molecule has 0 unspecified atom stereocenters. The lowest BCUT2D eigenvalue weighted by Crippen LogP contribution is -2.45. The summed E-state index contributed by atoms with van der Waals surface area (Å²) in [6.07, 6.45) is 0. The fourth-order valence-electron chi connectivity index (χ4n) is 1.43. The molecule has 1 aromatic rings. The summed E-state index contributed by atoms with van der Waals surface area (Å²) in [5.74, 6) is 0.903. The molecule has 96 valence electrons. The lowest BCUT2D eigenvalue weighted by atomic mass is 10.1. The number of aliphatic hydroxyl groups excluding tert-OH is 1. The highest BCUT2D eigenvalue weighted by molar-refractivity contribution is 5.27. The van der Waals surface area contributed by atoms with Crippen molar-refractivity contribution in [2.75, 3.05) is 26.8 Å². The van der Waals surface area contributed by atoms with Crippen LogP contribution in [0.5, 0.6) is 5.75 Å². The molecule has 0 atom stereocenters. The third-order valence-electron chi connectivity index (χ3n) is 3.11. The van der Waals surface area contributed by atoms with Crippen LogP contribution in [0.3, 0.4) is 0 Å². The molecule has 1 N–H and O–H groups in total. The zero-order valence-electron chi connectivity index (χ0n) is 11.2. The highest BCUT2D eigenvalue weighted by atomic mass is 16.5. The third-order valence-corrected chi connectivity index (χ3v) is 3.11. The average molecular weight is 237 g/mol. The number of ether oxygens (including phenoxy) is 1. The monoisotopic (exact) mass is 237 g/mol. The summed E-state index contributed by atoms with van der Waals surface area (Å²) in [4.78, 5) is 2.10. The molecule has 0 bridgehead atoms. The maximum atomic E-state index is 9.23. The molecule has 1 aromatic carbocycles. The second-order valence-corrected chi connectivity index (χ2v) is 5.06. The zero-order chi connectivity index (χ0) is 12.9. The van der Waals surface area contributed by atoms with E-state index in [0.29, 0.717) is 6.61 Å². The number of likely N-dealkylation sites (N-methyl/N-ethyl adjacent to an activating group) is 1. The van der Waals surface area contributed by atoms with Gasteiger partial charge < -0.3 is 9.84 Å². The molecular formula is C14H23NO2. The van der Waals surface area contributed by atoms with Crippen LogP contribution in [0.2, 0.25) is 0 Å². The van der Waals surface area contributed by atoms with Crippen molar-refractivity contribution in [1.82, 2.24) is 4.90 Å². The highest BCUT2D eigenvalue weighted by Gasteiger charge is 2.21. The van der Waals surface area contributed by atoms with E-state index in [-0.39, 0.29) is 12.1 Å². The minimum Gasteiger partial charge on any atom is -0.492 e. The summed E-state index contributed by atoms with van der Waals surface area (Å²) < 4.78 is 5.67. The van der Waals surface area contributed by atoms with Crippen molar-refractivity contribution < 1.29 is 9.84 Å². The third kappa shape index (κ3) is 4.36. The van der Waals surface area contributed by atoms with Gasteiger partial charge in [-0.25, -0.2) is 0 Å². The van der Waals surface area contributed by atoms with Gasteiger partial charge in [0.1, 0.15) is 12.4 Å². The quantitative estimate of drug-likeness (QED) is 0.822. The van der Waals surface area contributed by atoms with Crippen LogP contribution in [0.15, 0.2) is 24.3 Å². The molecular weight excluding hydrogens is 214 g/mol. The predicted octanol–water partition coefficient (Wildman–Crippen LogP) is 2.08. The molecule has 0 amide bonds. The molecule has 17 heavy (non-hydrogen) atoms. The van der Waals surface area contributed by atoms with Crippen molar-refractivity contribution in [3.63, 3.8) is 0 Å². The first kappa shape index (κ1) is 14.0. The van der Waals surface area contributed by atoms with E-state index in [2.05, 4.69) is 4.90 Å². The van der Waals surface area contributed by atoms with E-state index in [1.807, 2.05) is 52.1 Å². The summed E-state index contributed by atoms with van der Waals surface area (Å²) in [7, 11) is 2.00. The Bertz CT molecular complexity index is 350. The Morgan fingerprint density at radius 2 is 2.06 bits per heavy atom. The smallest absolute Gasteiger partial charge is 0.119 e. The van der Waals surface area contributed by atoms with E-state index in [0.717, 1.165) is 12.3 Å². The topological polar surface area (TPSA) is 32.7 Å². The fraction of sp³-hybridized carbons (Fsp3) is 0.571. The first-order valence-corrected chi connectivity index (χ1v) is 5.97. The fourth-order valence-corrected chi connectivity index (χ4v) is 1.43. The van der Waals surface area contributed by atoms with Crippen LogP contribution in [0.4, 0.5) is 0 Å². The molecule has 0 saturated heterocycles. The molecule has 3 heteroatoms.